The van der Waals surface area contributed by atoms with Gasteiger partial charge in [-0.25, -0.2) is 0 Å². The summed E-state index contributed by atoms with van der Waals surface area (Å²) in [6, 6.07) is 12.4. The van der Waals surface area contributed by atoms with Crippen LogP contribution in [0.5, 0.6) is 5.75 Å². The minimum Gasteiger partial charge on any atom is -0.497 e. The molecule has 0 radical (unpaired) electrons. The van der Waals surface area contributed by atoms with Gasteiger partial charge in [0, 0.05) is 12.1 Å². The summed E-state index contributed by atoms with van der Waals surface area (Å²) in [5.41, 5.74) is 2.08. The first-order valence-corrected chi connectivity index (χ1v) is 9.53. The SMILES string of the molecule is COc1ccc(C(=O)Nc2cc(CN3CCC(C(=O)O)CC3)ccc2Cl)cc1. The van der Waals surface area contributed by atoms with E-state index in [2.05, 4.69) is 10.2 Å². The van der Waals surface area contributed by atoms with E-state index in [0.717, 1.165) is 18.7 Å². The van der Waals surface area contributed by atoms with E-state index in [4.69, 9.17) is 21.4 Å². The number of amides is 1. The molecular formula is C21H23ClN2O4. The predicted molar refractivity (Wildman–Crippen MR) is 108 cm³/mol. The van der Waals surface area contributed by atoms with Gasteiger partial charge in [0.15, 0.2) is 0 Å². The number of carboxylic acids is 1. The Balaban J connectivity index is 1.64. The average Bonchev–Trinajstić information content (AvgIpc) is 2.71. The van der Waals surface area contributed by atoms with Crippen LogP contribution in [0.3, 0.4) is 0 Å². The Bertz CT molecular complexity index is 846. The number of benzene rings is 2. The standard InChI is InChI=1S/C21H23ClN2O4/c1-28-17-5-3-15(4-6-17)20(25)23-19-12-14(2-7-18(19)22)13-24-10-8-16(9-11-24)21(26)27/h2-7,12,16H,8-11,13H2,1H3,(H,23,25)(H,26,27). The lowest BCUT2D eigenvalue weighted by Crippen LogP contribution is -2.35. The van der Waals surface area contributed by atoms with Crippen LogP contribution >= 0.6 is 11.6 Å². The molecule has 28 heavy (non-hydrogen) atoms. The Labute approximate surface area is 169 Å². The van der Waals surface area contributed by atoms with Crippen molar-refractivity contribution in [3.05, 3.63) is 58.6 Å². The first kappa shape index (κ1) is 20.2. The summed E-state index contributed by atoms with van der Waals surface area (Å²) in [6.07, 6.45) is 1.31. The molecule has 2 aromatic rings. The molecule has 3 rings (SSSR count). The van der Waals surface area contributed by atoms with E-state index in [1.54, 1.807) is 37.4 Å². The molecule has 0 bridgehead atoms. The Hall–Kier alpha value is -2.57. The van der Waals surface area contributed by atoms with E-state index in [1.807, 2.05) is 12.1 Å². The van der Waals surface area contributed by atoms with Crippen molar-refractivity contribution in [2.45, 2.75) is 19.4 Å². The lowest BCUT2D eigenvalue weighted by molar-refractivity contribution is -0.143. The van der Waals surface area contributed by atoms with Crippen LogP contribution in [-0.4, -0.2) is 42.1 Å². The molecule has 1 heterocycles. The molecule has 1 fully saturated rings. The van der Waals surface area contributed by atoms with Gasteiger partial charge in [0.1, 0.15) is 5.75 Å². The molecule has 1 aliphatic rings. The smallest absolute Gasteiger partial charge is 0.306 e. The maximum Gasteiger partial charge on any atom is 0.306 e. The molecule has 0 spiro atoms. The van der Waals surface area contributed by atoms with Gasteiger partial charge in [-0.05, 0) is 67.9 Å². The van der Waals surface area contributed by atoms with Gasteiger partial charge in [-0.1, -0.05) is 17.7 Å². The summed E-state index contributed by atoms with van der Waals surface area (Å²) in [5, 5.41) is 12.4. The first-order chi connectivity index (χ1) is 13.5. The average molecular weight is 403 g/mol. The second kappa shape index (κ2) is 9.08. The van der Waals surface area contributed by atoms with E-state index in [9.17, 15) is 9.59 Å². The number of nitrogens with one attached hydrogen (secondary N) is 1. The number of anilines is 1. The zero-order valence-electron chi connectivity index (χ0n) is 15.7. The van der Waals surface area contributed by atoms with Crippen LogP contribution in [0.25, 0.3) is 0 Å². The molecule has 1 saturated heterocycles. The summed E-state index contributed by atoms with van der Waals surface area (Å²) >= 11 is 6.26. The van der Waals surface area contributed by atoms with Gasteiger partial charge in [-0.2, -0.15) is 0 Å². The van der Waals surface area contributed by atoms with Crippen molar-refractivity contribution in [3.8, 4) is 5.75 Å². The normalized spacial score (nSPS) is 15.2. The number of nitrogens with zero attached hydrogens (tertiary/aromatic N) is 1. The fraction of sp³-hybridized carbons (Fsp3) is 0.333. The molecule has 0 atom stereocenters. The van der Waals surface area contributed by atoms with Crippen molar-refractivity contribution in [1.82, 2.24) is 4.90 Å². The molecule has 0 aliphatic carbocycles. The molecule has 2 N–H and O–H groups in total. The van der Waals surface area contributed by atoms with E-state index >= 15 is 0 Å². The molecule has 6 nitrogen and oxygen atoms in total. The monoisotopic (exact) mass is 402 g/mol. The highest BCUT2D eigenvalue weighted by molar-refractivity contribution is 6.34. The van der Waals surface area contributed by atoms with Crippen LogP contribution in [0.4, 0.5) is 5.69 Å². The number of methoxy groups -OCH3 is 1. The lowest BCUT2D eigenvalue weighted by atomic mass is 9.97. The van der Waals surface area contributed by atoms with Crippen molar-refractivity contribution in [2.24, 2.45) is 5.92 Å². The van der Waals surface area contributed by atoms with Crippen LogP contribution in [-0.2, 0) is 11.3 Å². The number of carboxylic acid groups (broad SMARTS) is 1. The Morgan fingerprint density at radius 1 is 1.18 bits per heavy atom. The largest absolute Gasteiger partial charge is 0.497 e. The molecule has 2 aromatic carbocycles. The number of likely N-dealkylation sites (tertiary alicyclic amines) is 1. The van der Waals surface area contributed by atoms with Crippen LogP contribution < -0.4 is 10.1 Å². The number of hydrogen-bond donors (Lipinski definition) is 2. The second-order valence-electron chi connectivity index (χ2n) is 6.89. The van der Waals surface area contributed by atoms with Gasteiger partial charge in [0.2, 0.25) is 0 Å². The third-order valence-electron chi connectivity index (χ3n) is 4.97. The molecular weight excluding hydrogens is 380 g/mol. The maximum absolute atomic E-state index is 12.5. The molecule has 0 saturated carbocycles. The molecule has 148 valence electrons. The van der Waals surface area contributed by atoms with Gasteiger partial charge >= 0.3 is 5.97 Å². The van der Waals surface area contributed by atoms with Gasteiger partial charge < -0.3 is 15.2 Å². The van der Waals surface area contributed by atoms with Gasteiger partial charge in [0.05, 0.1) is 23.7 Å². The number of aliphatic carboxylic acids is 1. The van der Waals surface area contributed by atoms with Gasteiger partial charge in [0.25, 0.3) is 5.91 Å². The third-order valence-corrected chi connectivity index (χ3v) is 5.30. The zero-order chi connectivity index (χ0) is 20.1. The molecule has 1 aliphatic heterocycles. The highest BCUT2D eigenvalue weighted by Crippen LogP contribution is 2.26. The summed E-state index contributed by atoms with van der Waals surface area (Å²) in [5.74, 6) is -0.525. The fourth-order valence-electron chi connectivity index (χ4n) is 3.30. The van der Waals surface area contributed by atoms with E-state index in [-0.39, 0.29) is 11.8 Å². The number of carbonyl (C=O) groups excluding carboxylic acids is 1. The maximum atomic E-state index is 12.5. The van der Waals surface area contributed by atoms with Crippen LogP contribution in [0, 0.1) is 5.92 Å². The number of ether oxygens (including phenoxy) is 1. The van der Waals surface area contributed by atoms with E-state index < -0.39 is 5.97 Å². The minimum atomic E-state index is -0.713. The van der Waals surface area contributed by atoms with Crippen molar-refractivity contribution in [2.75, 3.05) is 25.5 Å². The highest BCUT2D eigenvalue weighted by atomic mass is 35.5. The van der Waals surface area contributed by atoms with Gasteiger partial charge in [-0.3, -0.25) is 14.5 Å². The van der Waals surface area contributed by atoms with Crippen LogP contribution in [0.2, 0.25) is 5.02 Å². The highest BCUT2D eigenvalue weighted by Gasteiger charge is 2.24. The van der Waals surface area contributed by atoms with Crippen LogP contribution in [0.15, 0.2) is 42.5 Å². The summed E-state index contributed by atoms with van der Waals surface area (Å²) in [6.45, 7) is 2.18. The predicted octanol–water partition coefficient (Wildman–Crippen LogP) is 3.90. The first-order valence-electron chi connectivity index (χ1n) is 9.15. The Kier molecular flexibility index (Phi) is 6.54. The number of piperidine rings is 1. The zero-order valence-corrected chi connectivity index (χ0v) is 16.4. The quantitative estimate of drug-likeness (QED) is 0.766. The van der Waals surface area contributed by atoms with Crippen molar-refractivity contribution >= 4 is 29.2 Å². The Morgan fingerprint density at radius 2 is 1.86 bits per heavy atom. The molecule has 0 unspecified atom stereocenters. The lowest BCUT2D eigenvalue weighted by Gasteiger charge is -2.30. The summed E-state index contributed by atoms with van der Waals surface area (Å²) < 4.78 is 5.10. The van der Waals surface area contributed by atoms with E-state index in [0.29, 0.717) is 41.4 Å². The number of hydrogen-bond acceptors (Lipinski definition) is 4. The summed E-state index contributed by atoms with van der Waals surface area (Å²) in [7, 11) is 1.57. The second-order valence-corrected chi connectivity index (χ2v) is 7.29. The summed E-state index contributed by atoms with van der Waals surface area (Å²) in [4.78, 5) is 25.8. The number of carbonyl (C=O) groups is 2. The number of halogens is 1. The third kappa shape index (κ3) is 5.03. The molecule has 1 amide bonds. The van der Waals surface area contributed by atoms with E-state index in [1.165, 1.54) is 0 Å². The van der Waals surface area contributed by atoms with Crippen molar-refractivity contribution in [1.29, 1.82) is 0 Å². The molecule has 7 heteroatoms. The van der Waals surface area contributed by atoms with Crippen molar-refractivity contribution < 1.29 is 19.4 Å². The fourth-order valence-corrected chi connectivity index (χ4v) is 3.46. The van der Waals surface area contributed by atoms with Crippen LogP contribution in [0.1, 0.15) is 28.8 Å². The number of rotatable bonds is 6. The topological polar surface area (TPSA) is 78.9 Å². The minimum absolute atomic E-state index is 0.246. The van der Waals surface area contributed by atoms with Crippen molar-refractivity contribution in [3.63, 3.8) is 0 Å². The Morgan fingerprint density at radius 3 is 2.46 bits per heavy atom. The molecule has 0 aromatic heterocycles. The van der Waals surface area contributed by atoms with Gasteiger partial charge in [-0.15, -0.1) is 0 Å².